The Labute approximate surface area is 163 Å². The van der Waals surface area contributed by atoms with Crippen molar-refractivity contribution in [3.8, 4) is 11.3 Å². The van der Waals surface area contributed by atoms with E-state index in [0.717, 1.165) is 33.3 Å². The fourth-order valence-electron chi connectivity index (χ4n) is 3.05. The highest BCUT2D eigenvalue weighted by molar-refractivity contribution is 5.93. The molecule has 2 aromatic heterocycles. The summed E-state index contributed by atoms with van der Waals surface area (Å²) < 4.78 is 27.7. The first-order chi connectivity index (χ1) is 13.9. The minimum Gasteiger partial charge on any atom is -0.361 e. The molecule has 2 heterocycles. The van der Waals surface area contributed by atoms with Gasteiger partial charge in [-0.1, -0.05) is 12.1 Å². The molecular formula is C21H16F2N4O2. The van der Waals surface area contributed by atoms with Crippen LogP contribution in [-0.2, 0) is 4.79 Å². The summed E-state index contributed by atoms with van der Waals surface area (Å²) in [7, 11) is 0. The molecule has 0 radical (unpaired) electrons. The van der Waals surface area contributed by atoms with E-state index in [1.165, 1.54) is 13.0 Å². The maximum atomic E-state index is 13.3. The molecule has 29 heavy (non-hydrogen) atoms. The molecule has 0 bridgehead atoms. The minimum atomic E-state index is -0.997. The zero-order valence-corrected chi connectivity index (χ0v) is 15.3. The van der Waals surface area contributed by atoms with Gasteiger partial charge < -0.3 is 10.3 Å². The van der Waals surface area contributed by atoms with Crippen molar-refractivity contribution in [2.75, 3.05) is 5.32 Å². The van der Waals surface area contributed by atoms with Crippen molar-refractivity contribution in [2.24, 2.45) is 0 Å². The first-order valence-electron chi connectivity index (χ1n) is 8.85. The third kappa shape index (κ3) is 3.77. The Morgan fingerprint density at radius 2 is 1.83 bits per heavy atom. The van der Waals surface area contributed by atoms with E-state index in [9.17, 15) is 18.4 Å². The van der Waals surface area contributed by atoms with Crippen LogP contribution in [0.25, 0.3) is 22.2 Å². The lowest BCUT2D eigenvalue weighted by molar-refractivity contribution is -0.119. The molecule has 0 spiro atoms. The summed E-state index contributed by atoms with van der Waals surface area (Å²) in [5.41, 5.74) is 1.69. The number of carbonyl (C=O) groups is 1. The average molecular weight is 394 g/mol. The van der Waals surface area contributed by atoms with Crippen LogP contribution in [0.15, 0.2) is 65.6 Å². The van der Waals surface area contributed by atoms with E-state index in [1.54, 1.807) is 6.07 Å². The van der Waals surface area contributed by atoms with Crippen LogP contribution in [0, 0.1) is 11.6 Å². The molecule has 0 fully saturated rings. The molecule has 0 saturated heterocycles. The van der Waals surface area contributed by atoms with E-state index >= 15 is 0 Å². The number of hydrogen-bond donors (Lipinski definition) is 2. The Kier molecular flexibility index (Phi) is 4.67. The number of rotatable bonds is 4. The lowest BCUT2D eigenvalue weighted by Crippen LogP contribution is -2.33. The van der Waals surface area contributed by atoms with E-state index in [-0.39, 0.29) is 5.69 Å². The highest BCUT2D eigenvalue weighted by Crippen LogP contribution is 2.22. The Morgan fingerprint density at radius 1 is 1.07 bits per heavy atom. The van der Waals surface area contributed by atoms with Crippen molar-refractivity contribution in [3.63, 3.8) is 0 Å². The molecule has 4 rings (SSSR count). The fourth-order valence-corrected chi connectivity index (χ4v) is 3.05. The zero-order valence-electron chi connectivity index (χ0n) is 15.3. The van der Waals surface area contributed by atoms with Gasteiger partial charge in [0, 0.05) is 35.1 Å². The summed E-state index contributed by atoms with van der Waals surface area (Å²) in [4.78, 5) is 27.9. The second kappa shape index (κ2) is 7.31. The highest BCUT2D eigenvalue weighted by Gasteiger charge is 2.19. The zero-order chi connectivity index (χ0) is 20.5. The smallest absolute Gasteiger partial charge is 0.267 e. The summed E-state index contributed by atoms with van der Waals surface area (Å²) in [5.74, 6) is -2.25. The summed E-state index contributed by atoms with van der Waals surface area (Å²) in [6.45, 7) is 1.48. The molecule has 0 aliphatic heterocycles. The van der Waals surface area contributed by atoms with E-state index in [0.29, 0.717) is 11.8 Å². The van der Waals surface area contributed by atoms with Gasteiger partial charge in [0.1, 0.15) is 17.7 Å². The molecule has 4 aromatic rings. The van der Waals surface area contributed by atoms with Gasteiger partial charge in [0.05, 0.1) is 5.69 Å². The number of benzene rings is 2. The van der Waals surface area contributed by atoms with Crippen LogP contribution < -0.4 is 10.9 Å². The molecular weight excluding hydrogens is 378 g/mol. The lowest BCUT2D eigenvalue weighted by atomic mass is 10.1. The standard InChI is InChI=1S/C21H16F2N4O2/c1-12(21(29)25-17-10-15(22)9-16(23)11-17)27-20(28)5-4-18(26-27)14-3-2-13-6-7-24-19(13)8-14/h2-12,24H,1H3,(H,25,29). The topological polar surface area (TPSA) is 79.8 Å². The summed E-state index contributed by atoms with van der Waals surface area (Å²) in [6.07, 6.45) is 1.82. The minimum absolute atomic E-state index is 0.0410. The van der Waals surface area contributed by atoms with Crippen molar-refractivity contribution in [2.45, 2.75) is 13.0 Å². The number of hydrogen-bond acceptors (Lipinski definition) is 3. The van der Waals surface area contributed by atoms with Gasteiger partial charge in [-0.2, -0.15) is 5.10 Å². The molecule has 1 unspecified atom stereocenters. The van der Waals surface area contributed by atoms with Crippen molar-refractivity contribution < 1.29 is 13.6 Å². The van der Waals surface area contributed by atoms with Gasteiger partial charge in [0.15, 0.2) is 0 Å². The Balaban J connectivity index is 1.64. The largest absolute Gasteiger partial charge is 0.361 e. The average Bonchev–Trinajstić information content (AvgIpc) is 3.14. The number of amides is 1. The van der Waals surface area contributed by atoms with Crippen LogP contribution in [-0.4, -0.2) is 20.7 Å². The second-order valence-electron chi connectivity index (χ2n) is 6.60. The third-order valence-corrected chi connectivity index (χ3v) is 4.55. The monoisotopic (exact) mass is 394 g/mol. The van der Waals surface area contributed by atoms with Gasteiger partial charge in [0.2, 0.25) is 5.91 Å². The molecule has 146 valence electrons. The quantitative estimate of drug-likeness (QED) is 0.551. The van der Waals surface area contributed by atoms with Crippen molar-refractivity contribution >= 4 is 22.5 Å². The van der Waals surface area contributed by atoms with Gasteiger partial charge in [0.25, 0.3) is 5.56 Å². The van der Waals surface area contributed by atoms with Crippen LogP contribution in [0.1, 0.15) is 13.0 Å². The normalized spacial score (nSPS) is 12.1. The van der Waals surface area contributed by atoms with Gasteiger partial charge in [-0.3, -0.25) is 9.59 Å². The summed E-state index contributed by atoms with van der Waals surface area (Å²) >= 11 is 0. The number of anilines is 1. The number of nitrogens with one attached hydrogen (secondary N) is 2. The number of H-pyrrole nitrogens is 1. The lowest BCUT2D eigenvalue weighted by Gasteiger charge is -2.15. The number of aromatic nitrogens is 3. The molecule has 0 aliphatic carbocycles. The fraction of sp³-hybridized carbons (Fsp3) is 0.0952. The molecule has 0 saturated carbocycles. The summed E-state index contributed by atoms with van der Waals surface area (Å²) in [5, 5.41) is 7.76. The molecule has 1 amide bonds. The highest BCUT2D eigenvalue weighted by atomic mass is 19.1. The molecule has 0 aliphatic rings. The molecule has 2 aromatic carbocycles. The molecule has 8 heteroatoms. The Morgan fingerprint density at radius 3 is 2.59 bits per heavy atom. The number of halogens is 2. The first kappa shape index (κ1) is 18.5. The van der Waals surface area contributed by atoms with Gasteiger partial charge in [-0.25, -0.2) is 13.5 Å². The maximum Gasteiger partial charge on any atom is 0.267 e. The predicted octanol–water partition coefficient (Wildman–Crippen LogP) is 3.87. The van der Waals surface area contributed by atoms with Crippen LogP contribution in [0.3, 0.4) is 0 Å². The van der Waals surface area contributed by atoms with Crippen LogP contribution in [0.5, 0.6) is 0 Å². The Bertz CT molecular complexity index is 1260. The summed E-state index contributed by atoms with van der Waals surface area (Å²) in [6, 6.07) is 12.2. The van der Waals surface area contributed by atoms with Crippen LogP contribution >= 0.6 is 0 Å². The first-order valence-corrected chi connectivity index (χ1v) is 8.85. The van der Waals surface area contributed by atoms with E-state index in [4.69, 9.17) is 0 Å². The maximum absolute atomic E-state index is 13.3. The second-order valence-corrected chi connectivity index (χ2v) is 6.60. The molecule has 2 N–H and O–H groups in total. The van der Waals surface area contributed by atoms with Crippen molar-refractivity contribution in [1.82, 2.24) is 14.8 Å². The van der Waals surface area contributed by atoms with E-state index in [2.05, 4.69) is 15.4 Å². The van der Waals surface area contributed by atoms with Crippen molar-refractivity contribution in [3.05, 3.63) is 82.8 Å². The van der Waals surface area contributed by atoms with Crippen molar-refractivity contribution in [1.29, 1.82) is 0 Å². The molecule has 1 atom stereocenters. The van der Waals surface area contributed by atoms with Gasteiger partial charge in [-0.15, -0.1) is 0 Å². The van der Waals surface area contributed by atoms with Gasteiger partial charge >= 0.3 is 0 Å². The van der Waals surface area contributed by atoms with E-state index in [1.807, 2.05) is 30.5 Å². The van der Waals surface area contributed by atoms with Crippen LogP contribution in [0.2, 0.25) is 0 Å². The van der Waals surface area contributed by atoms with Crippen LogP contribution in [0.4, 0.5) is 14.5 Å². The number of fused-ring (bicyclic) bond motifs is 1. The predicted molar refractivity (Wildman–Crippen MR) is 105 cm³/mol. The Hall–Kier alpha value is -3.81. The third-order valence-electron chi connectivity index (χ3n) is 4.55. The number of carbonyl (C=O) groups excluding carboxylic acids is 1. The SMILES string of the molecule is CC(C(=O)Nc1cc(F)cc(F)c1)n1nc(-c2ccc3cc[nH]c3c2)ccc1=O. The van der Waals surface area contributed by atoms with E-state index < -0.39 is 29.1 Å². The number of nitrogens with zero attached hydrogens (tertiary/aromatic N) is 2. The number of aromatic amines is 1. The van der Waals surface area contributed by atoms with Gasteiger partial charge in [-0.05, 0) is 42.6 Å². The molecule has 6 nitrogen and oxygen atoms in total.